The number of aryl methyl sites for hydroxylation is 2. The summed E-state index contributed by atoms with van der Waals surface area (Å²) in [5, 5.41) is 12.8. The third-order valence-corrected chi connectivity index (χ3v) is 3.10. The van der Waals surface area contributed by atoms with Crippen molar-refractivity contribution in [1.29, 1.82) is 0 Å². The number of ether oxygens (including phenoxy) is 1. The number of hydrogen-bond donors (Lipinski definition) is 2. The highest BCUT2D eigenvalue weighted by molar-refractivity contribution is 5.95. The van der Waals surface area contributed by atoms with Gasteiger partial charge in [0.2, 0.25) is 0 Å². The lowest BCUT2D eigenvalue weighted by atomic mass is 10.0. The highest BCUT2D eigenvalue weighted by Crippen LogP contribution is 2.12. The fraction of sp³-hybridized carbons (Fsp3) is 0.533. The second-order valence-corrected chi connectivity index (χ2v) is 5.24. The van der Waals surface area contributed by atoms with Crippen LogP contribution in [0, 0.1) is 13.8 Å². The molecule has 0 bridgehead atoms. The van der Waals surface area contributed by atoms with Crippen LogP contribution >= 0.6 is 0 Å². The zero-order chi connectivity index (χ0) is 14.5. The number of carbonyl (C=O) groups is 1. The quantitative estimate of drug-likeness (QED) is 0.825. The van der Waals surface area contributed by atoms with E-state index in [0.29, 0.717) is 18.6 Å². The Morgan fingerprint density at radius 3 is 2.68 bits per heavy atom. The molecule has 0 fully saturated rings. The summed E-state index contributed by atoms with van der Waals surface area (Å²) in [4.78, 5) is 12.0. The van der Waals surface area contributed by atoms with Crippen LogP contribution in [0.3, 0.4) is 0 Å². The molecule has 4 nitrogen and oxygen atoms in total. The monoisotopic (exact) mass is 265 g/mol. The van der Waals surface area contributed by atoms with Crippen molar-refractivity contribution in [2.75, 3.05) is 20.3 Å². The fourth-order valence-electron chi connectivity index (χ4n) is 1.84. The van der Waals surface area contributed by atoms with Crippen molar-refractivity contribution in [2.45, 2.75) is 32.8 Å². The van der Waals surface area contributed by atoms with Crippen LogP contribution in [-0.4, -0.2) is 36.9 Å². The van der Waals surface area contributed by atoms with Crippen molar-refractivity contribution in [3.63, 3.8) is 0 Å². The predicted molar refractivity (Wildman–Crippen MR) is 75.4 cm³/mol. The Balaban J connectivity index is 2.60. The van der Waals surface area contributed by atoms with Crippen molar-refractivity contribution < 1.29 is 14.6 Å². The van der Waals surface area contributed by atoms with Gasteiger partial charge < -0.3 is 15.2 Å². The van der Waals surface area contributed by atoms with E-state index in [9.17, 15) is 9.90 Å². The van der Waals surface area contributed by atoms with E-state index in [-0.39, 0.29) is 12.5 Å². The van der Waals surface area contributed by atoms with Gasteiger partial charge in [-0.2, -0.15) is 0 Å². The summed E-state index contributed by atoms with van der Waals surface area (Å²) in [5.41, 5.74) is 1.76. The van der Waals surface area contributed by atoms with Crippen LogP contribution in [0.25, 0.3) is 0 Å². The molecule has 1 aromatic rings. The highest BCUT2D eigenvalue weighted by Gasteiger charge is 2.21. The van der Waals surface area contributed by atoms with E-state index in [1.165, 1.54) is 0 Å². The van der Waals surface area contributed by atoms with E-state index in [1.54, 1.807) is 14.0 Å². The molecule has 1 rings (SSSR count). The molecule has 1 unspecified atom stereocenters. The number of amides is 1. The van der Waals surface area contributed by atoms with Gasteiger partial charge in [0.1, 0.15) is 0 Å². The third kappa shape index (κ3) is 5.01. The SMILES string of the molecule is COCCC(C)(O)CNC(=O)c1ccc(C)cc1C. The molecule has 0 saturated carbocycles. The smallest absolute Gasteiger partial charge is 0.251 e. The Morgan fingerprint density at radius 2 is 2.11 bits per heavy atom. The zero-order valence-corrected chi connectivity index (χ0v) is 12.1. The van der Waals surface area contributed by atoms with Gasteiger partial charge in [-0.05, 0) is 32.4 Å². The first kappa shape index (κ1) is 15.7. The van der Waals surface area contributed by atoms with Gasteiger partial charge in [-0.25, -0.2) is 0 Å². The summed E-state index contributed by atoms with van der Waals surface area (Å²) in [6.45, 7) is 6.26. The lowest BCUT2D eigenvalue weighted by Gasteiger charge is -2.23. The average Bonchev–Trinajstić information content (AvgIpc) is 2.34. The van der Waals surface area contributed by atoms with Gasteiger partial charge in [-0.1, -0.05) is 17.7 Å². The minimum absolute atomic E-state index is 0.157. The summed E-state index contributed by atoms with van der Waals surface area (Å²) >= 11 is 0. The normalized spacial score (nSPS) is 13.9. The largest absolute Gasteiger partial charge is 0.388 e. The second-order valence-electron chi connectivity index (χ2n) is 5.24. The van der Waals surface area contributed by atoms with Gasteiger partial charge in [0, 0.05) is 32.2 Å². The van der Waals surface area contributed by atoms with E-state index in [0.717, 1.165) is 11.1 Å². The van der Waals surface area contributed by atoms with Gasteiger partial charge >= 0.3 is 0 Å². The molecule has 0 radical (unpaired) electrons. The minimum atomic E-state index is -0.954. The van der Waals surface area contributed by atoms with Crippen LogP contribution in [0.2, 0.25) is 0 Å². The number of rotatable bonds is 6. The number of methoxy groups -OCH3 is 1. The molecule has 0 aliphatic heterocycles. The molecule has 0 aliphatic rings. The number of nitrogens with one attached hydrogen (secondary N) is 1. The number of hydrogen-bond acceptors (Lipinski definition) is 3. The molecule has 1 atom stereocenters. The van der Waals surface area contributed by atoms with Gasteiger partial charge in [-0.15, -0.1) is 0 Å². The second kappa shape index (κ2) is 6.68. The van der Waals surface area contributed by atoms with Crippen molar-refractivity contribution in [1.82, 2.24) is 5.32 Å². The molecular formula is C15H23NO3. The van der Waals surface area contributed by atoms with Gasteiger partial charge in [-0.3, -0.25) is 4.79 Å². The van der Waals surface area contributed by atoms with Gasteiger partial charge in [0.25, 0.3) is 5.91 Å². The number of carbonyl (C=O) groups excluding carboxylic acids is 1. The summed E-state index contributed by atoms with van der Waals surface area (Å²) in [7, 11) is 1.59. The number of aliphatic hydroxyl groups is 1. The lowest BCUT2D eigenvalue weighted by molar-refractivity contribution is 0.0243. The van der Waals surface area contributed by atoms with E-state index < -0.39 is 5.60 Å². The number of benzene rings is 1. The summed E-state index contributed by atoms with van der Waals surface area (Å²) in [5.74, 6) is -0.157. The zero-order valence-electron chi connectivity index (χ0n) is 12.1. The first-order valence-corrected chi connectivity index (χ1v) is 6.42. The van der Waals surface area contributed by atoms with Crippen LogP contribution < -0.4 is 5.32 Å². The fourth-order valence-corrected chi connectivity index (χ4v) is 1.84. The van der Waals surface area contributed by atoms with Crippen molar-refractivity contribution in [2.24, 2.45) is 0 Å². The van der Waals surface area contributed by atoms with E-state index >= 15 is 0 Å². The van der Waals surface area contributed by atoms with E-state index in [1.807, 2.05) is 32.0 Å². The van der Waals surface area contributed by atoms with Crippen LogP contribution in [0.5, 0.6) is 0 Å². The molecule has 0 aromatic heterocycles. The van der Waals surface area contributed by atoms with Gasteiger partial charge in [0.05, 0.1) is 5.60 Å². The molecule has 0 aliphatic carbocycles. The average molecular weight is 265 g/mol. The Bertz CT molecular complexity index is 441. The predicted octanol–water partition coefficient (Wildman–Crippen LogP) is 1.82. The minimum Gasteiger partial charge on any atom is -0.388 e. The van der Waals surface area contributed by atoms with E-state index in [4.69, 9.17) is 4.74 Å². The highest BCUT2D eigenvalue weighted by atomic mass is 16.5. The van der Waals surface area contributed by atoms with E-state index in [2.05, 4.69) is 5.32 Å². The first-order chi connectivity index (χ1) is 8.85. The molecule has 2 N–H and O–H groups in total. The first-order valence-electron chi connectivity index (χ1n) is 6.42. The molecule has 106 valence electrons. The van der Waals surface area contributed by atoms with Gasteiger partial charge in [0.15, 0.2) is 0 Å². The van der Waals surface area contributed by atoms with Crippen LogP contribution in [-0.2, 0) is 4.74 Å². The maximum absolute atomic E-state index is 12.0. The molecule has 1 amide bonds. The van der Waals surface area contributed by atoms with Crippen molar-refractivity contribution in [3.8, 4) is 0 Å². The summed E-state index contributed by atoms with van der Waals surface area (Å²) in [6.07, 6.45) is 0.483. The molecular weight excluding hydrogens is 242 g/mol. The van der Waals surface area contributed by atoms with Crippen LogP contribution in [0.4, 0.5) is 0 Å². The Kier molecular flexibility index (Phi) is 5.51. The lowest BCUT2D eigenvalue weighted by Crippen LogP contribution is -2.41. The Hall–Kier alpha value is -1.39. The summed E-state index contributed by atoms with van der Waals surface area (Å²) < 4.78 is 4.93. The molecule has 19 heavy (non-hydrogen) atoms. The molecule has 0 spiro atoms. The maximum atomic E-state index is 12.0. The maximum Gasteiger partial charge on any atom is 0.251 e. The van der Waals surface area contributed by atoms with Crippen molar-refractivity contribution in [3.05, 3.63) is 34.9 Å². The Morgan fingerprint density at radius 1 is 1.42 bits per heavy atom. The molecule has 4 heteroatoms. The topological polar surface area (TPSA) is 58.6 Å². The van der Waals surface area contributed by atoms with Crippen LogP contribution in [0.1, 0.15) is 34.8 Å². The third-order valence-electron chi connectivity index (χ3n) is 3.10. The molecule has 0 saturated heterocycles. The Labute approximate surface area is 114 Å². The standard InChI is InChI=1S/C15H23NO3/c1-11-5-6-13(12(2)9-11)14(17)16-10-15(3,18)7-8-19-4/h5-6,9,18H,7-8,10H2,1-4H3,(H,16,17). The summed E-state index contributed by atoms with van der Waals surface area (Å²) in [6, 6.07) is 5.69. The molecule has 0 heterocycles. The van der Waals surface area contributed by atoms with Crippen molar-refractivity contribution >= 4 is 5.91 Å². The van der Waals surface area contributed by atoms with Crippen LogP contribution in [0.15, 0.2) is 18.2 Å². The molecule has 1 aromatic carbocycles.